The fraction of sp³-hybridized carbons (Fsp3) is 0.267. The molecule has 0 radical (unpaired) electrons. The Kier molecular flexibility index (Phi) is 4.92. The third-order valence-corrected chi connectivity index (χ3v) is 2.92. The van der Waals surface area contributed by atoms with Crippen molar-refractivity contribution in [1.29, 1.82) is 0 Å². The van der Waals surface area contributed by atoms with Crippen molar-refractivity contribution in [1.82, 2.24) is 4.98 Å². The molecule has 1 aromatic carbocycles. The highest BCUT2D eigenvalue weighted by Gasteiger charge is 2.07. The first-order chi connectivity index (χ1) is 10.1. The van der Waals surface area contributed by atoms with Crippen LogP contribution in [0.3, 0.4) is 0 Å². The lowest BCUT2D eigenvalue weighted by molar-refractivity contribution is -0.0500. The third kappa shape index (κ3) is 4.30. The predicted octanol–water partition coefficient (Wildman–Crippen LogP) is 3.33. The van der Waals surface area contributed by atoms with E-state index < -0.39 is 6.61 Å². The topological polar surface area (TPSA) is 34.6 Å². The molecular weight excluding hydrogens is 278 g/mol. The van der Waals surface area contributed by atoms with Crippen LogP contribution in [0, 0.1) is 0 Å². The highest BCUT2D eigenvalue weighted by molar-refractivity contribution is 5.41. The average molecular weight is 294 g/mol. The Morgan fingerprint density at radius 3 is 2.29 bits per heavy atom. The molecule has 2 aromatic rings. The SMILES string of the molecule is COc1ccc(CN(C)c2ccc(OC(F)F)cn2)cc1. The van der Waals surface area contributed by atoms with Crippen molar-refractivity contribution in [3.63, 3.8) is 0 Å². The van der Waals surface area contributed by atoms with Gasteiger partial charge in [-0.1, -0.05) is 12.1 Å². The Balaban J connectivity index is 2.00. The van der Waals surface area contributed by atoms with E-state index in [0.29, 0.717) is 12.4 Å². The van der Waals surface area contributed by atoms with Crippen molar-refractivity contribution >= 4 is 5.82 Å². The van der Waals surface area contributed by atoms with Gasteiger partial charge in [0.15, 0.2) is 0 Å². The number of ether oxygens (including phenoxy) is 2. The summed E-state index contributed by atoms with van der Waals surface area (Å²) in [5.41, 5.74) is 1.09. The van der Waals surface area contributed by atoms with E-state index in [9.17, 15) is 8.78 Å². The molecule has 1 aromatic heterocycles. The summed E-state index contributed by atoms with van der Waals surface area (Å²) >= 11 is 0. The number of anilines is 1. The van der Waals surface area contributed by atoms with Crippen LogP contribution in [-0.4, -0.2) is 25.8 Å². The molecule has 2 rings (SSSR count). The van der Waals surface area contributed by atoms with Crippen LogP contribution in [0.1, 0.15) is 5.56 Å². The fourth-order valence-electron chi connectivity index (χ4n) is 1.86. The van der Waals surface area contributed by atoms with Crippen molar-refractivity contribution in [2.45, 2.75) is 13.2 Å². The van der Waals surface area contributed by atoms with Gasteiger partial charge in [-0.2, -0.15) is 8.78 Å². The molecule has 112 valence electrons. The molecule has 0 fully saturated rings. The molecule has 4 nitrogen and oxygen atoms in total. The Bertz CT molecular complexity index is 559. The van der Waals surface area contributed by atoms with Crippen molar-refractivity contribution in [2.24, 2.45) is 0 Å². The first-order valence-electron chi connectivity index (χ1n) is 6.33. The molecule has 21 heavy (non-hydrogen) atoms. The summed E-state index contributed by atoms with van der Waals surface area (Å²) in [7, 11) is 3.49. The van der Waals surface area contributed by atoms with Gasteiger partial charge >= 0.3 is 6.61 Å². The lowest BCUT2D eigenvalue weighted by Gasteiger charge is -2.18. The average Bonchev–Trinajstić information content (AvgIpc) is 2.48. The second kappa shape index (κ2) is 6.88. The third-order valence-electron chi connectivity index (χ3n) is 2.92. The second-order valence-electron chi connectivity index (χ2n) is 4.43. The van der Waals surface area contributed by atoms with Gasteiger partial charge < -0.3 is 14.4 Å². The van der Waals surface area contributed by atoms with E-state index in [2.05, 4.69) is 9.72 Å². The van der Waals surface area contributed by atoms with Crippen LogP contribution < -0.4 is 14.4 Å². The normalized spacial score (nSPS) is 10.5. The summed E-state index contributed by atoms with van der Waals surface area (Å²) in [6.45, 7) is -2.19. The molecular formula is C15H16F2N2O2. The van der Waals surface area contributed by atoms with E-state index in [4.69, 9.17) is 4.74 Å². The summed E-state index contributed by atoms with van der Waals surface area (Å²) in [4.78, 5) is 6.02. The van der Waals surface area contributed by atoms with Crippen LogP contribution in [0.4, 0.5) is 14.6 Å². The number of methoxy groups -OCH3 is 1. The van der Waals surface area contributed by atoms with E-state index in [1.165, 1.54) is 12.3 Å². The van der Waals surface area contributed by atoms with E-state index in [1.807, 2.05) is 36.2 Å². The molecule has 0 N–H and O–H groups in total. The molecule has 0 saturated heterocycles. The highest BCUT2D eigenvalue weighted by atomic mass is 19.3. The van der Waals surface area contributed by atoms with Crippen molar-refractivity contribution in [3.05, 3.63) is 48.2 Å². The number of pyridine rings is 1. The maximum absolute atomic E-state index is 12.1. The van der Waals surface area contributed by atoms with E-state index in [1.54, 1.807) is 13.2 Å². The number of hydrogen-bond donors (Lipinski definition) is 0. The number of halogens is 2. The zero-order valence-electron chi connectivity index (χ0n) is 11.8. The molecule has 0 bridgehead atoms. The fourth-order valence-corrected chi connectivity index (χ4v) is 1.86. The molecule has 0 amide bonds. The predicted molar refractivity (Wildman–Crippen MR) is 76.0 cm³/mol. The number of hydrogen-bond acceptors (Lipinski definition) is 4. The van der Waals surface area contributed by atoms with Gasteiger partial charge in [-0.15, -0.1) is 0 Å². The Morgan fingerprint density at radius 1 is 1.10 bits per heavy atom. The van der Waals surface area contributed by atoms with Gasteiger partial charge in [0.05, 0.1) is 13.3 Å². The smallest absolute Gasteiger partial charge is 0.387 e. The summed E-state index contributed by atoms with van der Waals surface area (Å²) < 4.78 is 33.5. The van der Waals surface area contributed by atoms with Gasteiger partial charge in [0.2, 0.25) is 0 Å². The summed E-state index contributed by atoms with van der Waals surface area (Å²) in [6.07, 6.45) is 1.28. The molecule has 0 aliphatic heterocycles. The van der Waals surface area contributed by atoms with E-state index in [0.717, 1.165) is 11.3 Å². The Morgan fingerprint density at radius 2 is 1.76 bits per heavy atom. The zero-order valence-corrected chi connectivity index (χ0v) is 11.8. The lowest BCUT2D eigenvalue weighted by atomic mass is 10.2. The number of alkyl halides is 2. The molecule has 0 aliphatic carbocycles. The maximum Gasteiger partial charge on any atom is 0.387 e. The largest absolute Gasteiger partial charge is 0.497 e. The van der Waals surface area contributed by atoms with Crippen LogP contribution in [0.2, 0.25) is 0 Å². The number of rotatable bonds is 6. The molecule has 0 unspecified atom stereocenters. The van der Waals surface area contributed by atoms with E-state index >= 15 is 0 Å². The monoisotopic (exact) mass is 294 g/mol. The molecule has 0 spiro atoms. The van der Waals surface area contributed by atoms with Crippen LogP contribution >= 0.6 is 0 Å². The van der Waals surface area contributed by atoms with Crippen LogP contribution in [0.25, 0.3) is 0 Å². The summed E-state index contributed by atoms with van der Waals surface area (Å²) in [5, 5.41) is 0. The van der Waals surface area contributed by atoms with Gasteiger partial charge in [-0.3, -0.25) is 0 Å². The molecule has 0 atom stereocenters. The molecule has 1 heterocycles. The Labute approximate surface area is 121 Å². The van der Waals surface area contributed by atoms with Crippen LogP contribution in [0.15, 0.2) is 42.6 Å². The van der Waals surface area contributed by atoms with E-state index in [-0.39, 0.29) is 5.75 Å². The number of nitrogens with zero attached hydrogens (tertiary/aromatic N) is 2. The van der Waals surface area contributed by atoms with Crippen molar-refractivity contribution in [3.8, 4) is 11.5 Å². The summed E-state index contributed by atoms with van der Waals surface area (Å²) in [5.74, 6) is 1.52. The highest BCUT2D eigenvalue weighted by Crippen LogP contribution is 2.19. The second-order valence-corrected chi connectivity index (χ2v) is 4.43. The molecule has 6 heteroatoms. The van der Waals surface area contributed by atoms with Crippen molar-refractivity contribution in [2.75, 3.05) is 19.1 Å². The van der Waals surface area contributed by atoms with Gasteiger partial charge in [-0.05, 0) is 29.8 Å². The van der Waals surface area contributed by atoms with Crippen LogP contribution in [0.5, 0.6) is 11.5 Å². The number of benzene rings is 1. The zero-order chi connectivity index (χ0) is 15.2. The quantitative estimate of drug-likeness (QED) is 0.818. The molecule has 0 aliphatic rings. The lowest BCUT2D eigenvalue weighted by Crippen LogP contribution is -2.17. The van der Waals surface area contributed by atoms with Gasteiger partial charge in [0.1, 0.15) is 17.3 Å². The summed E-state index contributed by atoms with van der Waals surface area (Å²) in [6, 6.07) is 10.8. The minimum absolute atomic E-state index is 0.0478. The van der Waals surface area contributed by atoms with Gasteiger partial charge in [0.25, 0.3) is 0 Å². The Hall–Kier alpha value is -2.37. The number of aromatic nitrogens is 1. The first kappa shape index (κ1) is 15.0. The minimum Gasteiger partial charge on any atom is -0.497 e. The van der Waals surface area contributed by atoms with Gasteiger partial charge in [0, 0.05) is 13.6 Å². The standard InChI is InChI=1S/C15H16F2N2O2/c1-19(10-11-3-5-12(20-2)6-4-11)14-8-7-13(9-18-14)21-15(16)17/h3-9,15H,10H2,1-2H3. The van der Waals surface area contributed by atoms with Crippen LogP contribution in [-0.2, 0) is 6.54 Å². The van der Waals surface area contributed by atoms with Gasteiger partial charge in [-0.25, -0.2) is 4.98 Å². The first-order valence-corrected chi connectivity index (χ1v) is 6.33. The van der Waals surface area contributed by atoms with Crippen molar-refractivity contribution < 1.29 is 18.3 Å². The maximum atomic E-state index is 12.1. The minimum atomic E-state index is -2.84. The molecule has 0 saturated carbocycles.